The first-order valence-electron chi connectivity index (χ1n) is 8.76. The van der Waals surface area contributed by atoms with Crippen LogP contribution >= 0.6 is 12.4 Å². The number of nitrogens with one attached hydrogen (secondary N) is 1. The van der Waals surface area contributed by atoms with Gasteiger partial charge in [-0.1, -0.05) is 24.3 Å². The van der Waals surface area contributed by atoms with Crippen molar-refractivity contribution in [2.45, 2.75) is 37.5 Å². The van der Waals surface area contributed by atoms with E-state index in [0.717, 1.165) is 51.2 Å². The first-order valence-corrected chi connectivity index (χ1v) is 8.76. The van der Waals surface area contributed by atoms with Crippen LogP contribution in [0.5, 0.6) is 0 Å². The predicted octanol–water partition coefficient (Wildman–Crippen LogP) is 2.77. The van der Waals surface area contributed by atoms with Crippen LogP contribution in [-0.2, 0) is 16.6 Å². The third-order valence-electron chi connectivity index (χ3n) is 6.19. The number of benzene rings is 1. The van der Waals surface area contributed by atoms with Crippen molar-refractivity contribution in [2.24, 2.45) is 11.8 Å². The van der Waals surface area contributed by atoms with E-state index >= 15 is 0 Å². The third kappa shape index (κ3) is 2.78. The highest BCUT2D eigenvalue weighted by Crippen LogP contribution is 2.62. The molecule has 1 aliphatic heterocycles. The van der Waals surface area contributed by atoms with Crippen LogP contribution in [0, 0.1) is 11.8 Å². The van der Waals surface area contributed by atoms with Crippen molar-refractivity contribution in [2.75, 3.05) is 26.7 Å². The Morgan fingerprint density at radius 3 is 2.78 bits per heavy atom. The van der Waals surface area contributed by atoms with Crippen LogP contribution in [0.2, 0.25) is 0 Å². The lowest BCUT2D eigenvalue weighted by molar-refractivity contribution is -0.134. The summed E-state index contributed by atoms with van der Waals surface area (Å²) in [6.07, 6.45) is 5.73. The molecular weight excluding hydrogens is 308 g/mol. The Morgan fingerprint density at radius 1 is 1.30 bits per heavy atom. The van der Waals surface area contributed by atoms with Gasteiger partial charge in [-0.3, -0.25) is 4.79 Å². The van der Waals surface area contributed by atoms with E-state index in [1.807, 2.05) is 7.05 Å². The lowest BCUT2D eigenvalue weighted by atomic mass is 9.93. The first-order chi connectivity index (χ1) is 10.7. The van der Waals surface area contributed by atoms with Gasteiger partial charge < -0.3 is 10.2 Å². The molecule has 4 rings (SSSR count). The van der Waals surface area contributed by atoms with E-state index in [1.54, 1.807) is 0 Å². The minimum Gasteiger partial charge on any atom is -0.342 e. The Hall–Kier alpha value is -1.06. The monoisotopic (exact) mass is 334 g/mol. The van der Waals surface area contributed by atoms with Gasteiger partial charge in [0.1, 0.15) is 0 Å². The third-order valence-corrected chi connectivity index (χ3v) is 6.19. The number of carbonyl (C=O) groups excluding carboxylic acids is 1. The molecule has 2 unspecified atom stereocenters. The quantitative estimate of drug-likeness (QED) is 0.922. The van der Waals surface area contributed by atoms with Crippen molar-refractivity contribution < 1.29 is 4.79 Å². The molecule has 1 saturated heterocycles. The fourth-order valence-corrected chi connectivity index (χ4v) is 4.79. The molecule has 1 amide bonds. The van der Waals surface area contributed by atoms with Gasteiger partial charge in [0.25, 0.3) is 0 Å². The molecule has 23 heavy (non-hydrogen) atoms. The molecule has 3 aliphatic rings. The second-order valence-electron chi connectivity index (χ2n) is 7.40. The van der Waals surface area contributed by atoms with E-state index in [0.29, 0.717) is 5.91 Å². The molecule has 1 N–H and O–H groups in total. The minimum atomic E-state index is 0. The number of fused-ring (bicyclic) bond motifs is 2. The minimum absolute atomic E-state index is 0. The highest BCUT2D eigenvalue weighted by atomic mass is 35.5. The van der Waals surface area contributed by atoms with Gasteiger partial charge >= 0.3 is 0 Å². The van der Waals surface area contributed by atoms with Gasteiger partial charge in [-0.2, -0.15) is 0 Å². The maximum absolute atomic E-state index is 12.9. The molecule has 1 saturated carbocycles. The van der Waals surface area contributed by atoms with Gasteiger partial charge in [-0.05, 0) is 62.7 Å². The highest BCUT2D eigenvalue weighted by Gasteiger charge is 2.62. The topological polar surface area (TPSA) is 32.3 Å². The fourth-order valence-electron chi connectivity index (χ4n) is 4.79. The number of carbonyl (C=O) groups is 1. The number of piperidine rings is 1. The largest absolute Gasteiger partial charge is 0.342 e. The Labute approximate surface area is 145 Å². The number of rotatable bonds is 3. The number of amides is 1. The van der Waals surface area contributed by atoms with E-state index < -0.39 is 0 Å². The molecule has 3 nitrogen and oxygen atoms in total. The molecule has 1 aromatic rings. The van der Waals surface area contributed by atoms with Crippen molar-refractivity contribution in [3.63, 3.8) is 0 Å². The average molecular weight is 335 g/mol. The number of nitrogens with zero attached hydrogens (tertiary/aromatic N) is 1. The van der Waals surface area contributed by atoms with Crippen molar-refractivity contribution >= 4 is 18.3 Å². The zero-order valence-corrected chi connectivity index (χ0v) is 14.7. The number of likely N-dealkylation sites (tertiary alicyclic amines) is 1. The van der Waals surface area contributed by atoms with Crippen LogP contribution in [-0.4, -0.2) is 37.5 Å². The highest BCUT2D eigenvalue weighted by molar-refractivity contribution is 5.85. The van der Waals surface area contributed by atoms with E-state index in [2.05, 4.69) is 34.5 Å². The van der Waals surface area contributed by atoms with E-state index in [9.17, 15) is 4.79 Å². The zero-order valence-electron chi connectivity index (χ0n) is 13.9. The van der Waals surface area contributed by atoms with Crippen LogP contribution in [0.25, 0.3) is 0 Å². The van der Waals surface area contributed by atoms with Crippen LogP contribution in [0.3, 0.4) is 0 Å². The van der Waals surface area contributed by atoms with Crippen molar-refractivity contribution in [3.05, 3.63) is 35.4 Å². The summed E-state index contributed by atoms with van der Waals surface area (Å²) >= 11 is 0. The van der Waals surface area contributed by atoms with Gasteiger partial charge in [0, 0.05) is 24.4 Å². The molecule has 1 heterocycles. The van der Waals surface area contributed by atoms with Crippen molar-refractivity contribution in [3.8, 4) is 0 Å². The Kier molecular flexibility index (Phi) is 4.70. The summed E-state index contributed by atoms with van der Waals surface area (Å²) in [4.78, 5) is 15.1. The number of hydrogen-bond donors (Lipinski definition) is 1. The standard InChI is InChI=1S/C19H26N2O.ClH/c1-20-13-14-7-10-21(11-8-14)18(22)17-12-19(17)9-6-15-4-2-3-5-16(15)19;/h2-5,14,17,20H,6-13H2,1H3;1H. The van der Waals surface area contributed by atoms with Crippen molar-refractivity contribution in [1.29, 1.82) is 0 Å². The summed E-state index contributed by atoms with van der Waals surface area (Å²) < 4.78 is 0. The average Bonchev–Trinajstić information content (AvgIpc) is 3.17. The Balaban J connectivity index is 0.00000156. The van der Waals surface area contributed by atoms with Crippen molar-refractivity contribution in [1.82, 2.24) is 10.2 Å². The molecule has 0 bridgehead atoms. The summed E-state index contributed by atoms with van der Waals surface area (Å²) in [6.45, 7) is 3.00. The van der Waals surface area contributed by atoms with Crippen LogP contribution in [0.1, 0.15) is 36.8 Å². The number of hydrogen-bond acceptors (Lipinski definition) is 2. The maximum atomic E-state index is 12.9. The van der Waals surface area contributed by atoms with Crippen LogP contribution < -0.4 is 5.32 Å². The summed E-state index contributed by atoms with van der Waals surface area (Å²) in [5, 5.41) is 3.26. The predicted molar refractivity (Wildman–Crippen MR) is 95.0 cm³/mol. The molecule has 2 fully saturated rings. The molecule has 0 aromatic heterocycles. The lowest BCUT2D eigenvalue weighted by Crippen LogP contribution is -2.42. The Morgan fingerprint density at radius 2 is 2.04 bits per heavy atom. The van der Waals surface area contributed by atoms with Gasteiger partial charge in [-0.25, -0.2) is 0 Å². The summed E-state index contributed by atoms with van der Waals surface area (Å²) in [7, 11) is 2.02. The molecule has 1 spiro atoms. The SMILES string of the molecule is CNCC1CCN(C(=O)C2CC23CCc2ccccc23)CC1.Cl. The first kappa shape index (κ1) is 16.8. The van der Waals surface area contributed by atoms with Crippen LogP contribution in [0.4, 0.5) is 0 Å². The normalized spacial score (nSPS) is 29.3. The molecule has 4 heteroatoms. The summed E-state index contributed by atoms with van der Waals surface area (Å²) in [5.74, 6) is 1.44. The molecule has 2 aliphatic carbocycles. The number of aryl methyl sites for hydroxylation is 1. The van der Waals surface area contributed by atoms with E-state index in [-0.39, 0.29) is 23.7 Å². The molecule has 1 aromatic carbocycles. The second kappa shape index (κ2) is 6.45. The van der Waals surface area contributed by atoms with Gasteiger partial charge in [-0.15, -0.1) is 12.4 Å². The number of halogens is 1. The second-order valence-corrected chi connectivity index (χ2v) is 7.40. The summed E-state index contributed by atoms with van der Waals surface area (Å²) in [6, 6.07) is 8.76. The molecule has 2 atom stereocenters. The smallest absolute Gasteiger partial charge is 0.226 e. The summed E-state index contributed by atoms with van der Waals surface area (Å²) in [5.41, 5.74) is 3.15. The van der Waals surface area contributed by atoms with Gasteiger partial charge in [0.15, 0.2) is 0 Å². The van der Waals surface area contributed by atoms with E-state index in [1.165, 1.54) is 17.5 Å². The van der Waals surface area contributed by atoms with E-state index in [4.69, 9.17) is 0 Å². The molecular formula is C19H27ClN2O. The van der Waals surface area contributed by atoms with Crippen LogP contribution in [0.15, 0.2) is 24.3 Å². The van der Waals surface area contributed by atoms with Gasteiger partial charge in [0.2, 0.25) is 5.91 Å². The van der Waals surface area contributed by atoms with Gasteiger partial charge in [0.05, 0.1) is 0 Å². The zero-order chi connectivity index (χ0) is 15.2. The fraction of sp³-hybridized carbons (Fsp3) is 0.632. The lowest BCUT2D eigenvalue weighted by Gasteiger charge is -2.32. The Bertz CT molecular complexity index is 582. The molecule has 126 valence electrons. The molecule has 0 radical (unpaired) electrons. The maximum Gasteiger partial charge on any atom is 0.226 e.